The lowest BCUT2D eigenvalue weighted by molar-refractivity contribution is -0.119. The summed E-state index contributed by atoms with van der Waals surface area (Å²) in [5.74, 6) is -0.166. The van der Waals surface area contributed by atoms with Gasteiger partial charge in [-0.3, -0.25) is 4.79 Å². The number of rotatable bonds is 3. The van der Waals surface area contributed by atoms with Crippen LogP contribution < -0.4 is 5.32 Å². The van der Waals surface area contributed by atoms with Crippen molar-refractivity contribution >= 4 is 23.2 Å². The predicted octanol–water partition coefficient (Wildman–Crippen LogP) is 2.44. The van der Waals surface area contributed by atoms with E-state index in [0.29, 0.717) is 10.7 Å². The number of amides is 1. The number of hydrogen-bond donors (Lipinski definition) is 1. The molecule has 1 aromatic carbocycles. The van der Waals surface area contributed by atoms with Crippen LogP contribution in [0.5, 0.6) is 0 Å². The Morgan fingerprint density at radius 2 is 2.28 bits per heavy atom. The van der Waals surface area contributed by atoms with E-state index >= 15 is 0 Å². The van der Waals surface area contributed by atoms with Gasteiger partial charge in [-0.2, -0.15) is 5.10 Å². The average Bonchev–Trinajstić information content (AvgIpc) is 2.86. The average molecular weight is 265 g/mol. The molecule has 1 heterocycles. The van der Waals surface area contributed by atoms with Crippen molar-refractivity contribution in [1.82, 2.24) is 14.8 Å². The lowest BCUT2D eigenvalue weighted by Gasteiger charge is -2.12. The Morgan fingerprint density at radius 1 is 1.50 bits per heavy atom. The van der Waals surface area contributed by atoms with Crippen LogP contribution in [0.25, 0.3) is 0 Å². The molecule has 5 nitrogen and oxygen atoms in total. The minimum absolute atomic E-state index is 0.166. The number of nitrogens with one attached hydrogen (secondary N) is 1. The fraction of sp³-hybridized carbons (Fsp3) is 0.250. The van der Waals surface area contributed by atoms with E-state index in [4.69, 9.17) is 11.6 Å². The van der Waals surface area contributed by atoms with Gasteiger partial charge in [-0.05, 0) is 31.5 Å². The molecule has 0 saturated heterocycles. The lowest BCUT2D eigenvalue weighted by atomic mass is 10.2. The molecule has 0 fully saturated rings. The molecule has 94 valence electrons. The van der Waals surface area contributed by atoms with Crippen LogP contribution in [0.1, 0.15) is 18.5 Å². The van der Waals surface area contributed by atoms with Gasteiger partial charge in [0.05, 0.1) is 0 Å². The van der Waals surface area contributed by atoms with Gasteiger partial charge in [0.15, 0.2) is 0 Å². The van der Waals surface area contributed by atoms with Crippen molar-refractivity contribution < 1.29 is 4.79 Å². The zero-order valence-electron chi connectivity index (χ0n) is 10.1. The first-order valence-electron chi connectivity index (χ1n) is 5.49. The molecule has 18 heavy (non-hydrogen) atoms. The van der Waals surface area contributed by atoms with Crippen molar-refractivity contribution in [3.63, 3.8) is 0 Å². The Bertz CT molecular complexity index is 553. The third-order valence-electron chi connectivity index (χ3n) is 2.65. The topological polar surface area (TPSA) is 59.8 Å². The molecule has 0 saturated carbocycles. The Morgan fingerprint density at radius 3 is 2.89 bits per heavy atom. The van der Waals surface area contributed by atoms with E-state index in [-0.39, 0.29) is 5.91 Å². The summed E-state index contributed by atoms with van der Waals surface area (Å²) in [6.07, 6.45) is 2.90. The van der Waals surface area contributed by atoms with Crippen LogP contribution >= 0.6 is 11.6 Å². The molecular formula is C12H13ClN4O. The Hall–Kier alpha value is -1.88. The number of nitrogens with zero attached hydrogens (tertiary/aromatic N) is 3. The number of carbonyl (C=O) groups is 1. The summed E-state index contributed by atoms with van der Waals surface area (Å²) >= 11 is 6.00. The van der Waals surface area contributed by atoms with Crippen molar-refractivity contribution in [2.45, 2.75) is 19.9 Å². The van der Waals surface area contributed by atoms with Crippen molar-refractivity contribution in [2.75, 3.05) is 5.32 Å². The van der Waals surface area contributed by atoms with E-state index < -0.39 is 6.04 Å². The molecule has 0 radical (unpaired) electrons. The van der Waals surface area contributed by atoms with Gasteiger partial charge in [0.1, 0.15) is 18.7 Å². The van der Waals surface area contributed by atoms with Gasteiger partial charge in [-0.25, -0.2) is 9.67 Å². The zero-order valence-corrected chi connectivity index (χ0v) is 10.8. The number of anilines is 1. The molecule has 2 rings (SSSR count). The summed E-state index contributed by atoms with van der Waals surface area (Å²) in [5, 5.41) is 7.34. The highest BCUT2D eigenvalue weighted by molar-refractivity contribution is 6.31. The smallest absolute Gasteiger partial charge is 0.249 e. The maximum atomic E-state index is 12.0. The molecule has 6 heteroatoms. The molecular weight excluding hydrogens is 252 g/mol. The van der Waals surface area contributed by atoms with Gasteiger partial charge in [-0.1, -0.05) is 17.7 Å². The fourth-order valence-corrected chi connectivity index (χ4v) is 1.64. The van der Waals surface area contributed by atoms with Gasteiger partial charge in [0.25, 0.3) is 0 Å². The molecule has 1 unspecified atom stereocenters. The summed E-state index contributed by atoms with van der Waals surface area (Å²) in [6, 6.07) is 4.97. The summed E-state index contributed by atoms with van der Waals surface area (Å²) in [7, 11) is 0. The summed E-state index contributed by atoms with van der Waals surface area (Å²) < 4.78 is 1.49. The predicted molar refractivity (Wildman–Crippen MR) is 69.6 cm³/mol. The molecule has 0 aliphatic heterocycles. The van der Waals surface area contributed by atoms with Crippen molar-refractivity contribution in [3.05, 3.63) is 41.4 Å². The monoisotopic (exact) mass is 264 g/mol. The molecule has 2 aromatic rings. The standard InChI is InChI=1S/C12H13ClN4O/c1-8-3-4-10(5-11(8)13)16-12(18)9(2)17-7-14-6-15-17/h3-7,9H,1-2H3,(H,16,18). The van der Waals surface area contributed by atoms with E-state index in [1.165, 1.54) is 17.3 Å². The minimum Gasteiger partial charge on any atom is -0.324 e. The van der Waals surface area contributed by atoms with Crippen LogP contribution in [0.4, 0.5) is 5.69 Å². The molecule has 1 N–H and O–H groups in total. The third-order valence-corrected chi connectivity index (χ3v) is 3.06. The SMILES string of the molecule is Cc1ccc(NC(=O)C(C)n2cncn2)cc1Cl. The van der Waals surface area contributed by atoms with Gasteiger partial charge in [0, 0.05) is 10.7 Å². The summed E-state index contributed by atoms with van der Waals surface area (Å²) in [5.41, 5.74) is 1.64. The van der Waals surface area contributed by atoms with Crippen LogP contribution in [0.15, 0.2) is 30.9 Å². The quantitative estimate of drug-likeness (QED) is 0.926. The molecule has 0 aliphatic carbocycles. The first-order chi connectivity index (χ1) is 8.58. The third kappa shape index (κ3) is 2.68. The molecule has 1 atom stereocenters. The molecule has 0 spiro atoms. The number of carbonyl (C=O) groups excluding carboxylic acids is 1. The largest absolute Gasteiger partial charge is 0.324 e. The van der Waals surface area contributed by atoms with E-state index in [1.807, 2.05) is 19.1 Å². The van der Waals surface area contributed by atoms with Crippen molar-refractivity contribution in [1.29, 1.82) is 0 Å². The number of benzene rings is 1. The van der Waals surface area contributed by atoms with Gasteiger partial charge in [-0.15, -0.1) is 0 Å². The first kappa shape index (κ1) is 12.6. The summed E-state index contributed by atoms with van der Waals surface area (Å²) in [6.45, 7) is 3.66. The van der Waals surface area contributed by atoms with E-state index in [1.54, 1.807) is 13.0 Å². The maximum Gasteiger partial charge on any atom is 0.249 e. The number of halogens is 1. The minimum atomic E-state index is -0.424. The van der Waals surface area contributed by atoms with Crippen LogP contribution in [0.3, 0.4) is 0 Å². The second kappa shape index (κ2) is 5.18. The molecule has 1 aromatic heterocycles. The highest BCUT2D eigenvalue weighted by atomic mass is 35.5. The fourth-order valence-electron chi connectivity index (χ4n) is 1.45. The normalized spacial score (nSPS) is 12.2. The molecule has 0 aliphatic rings. The second-order valence-electron chi connectivity index (χ2n) is 4.00. The first-order valence-corrected chi connectivity index (χ1v) is 5.87. The highest BCUT2D eigenvalue weighted by Crippen LogP contribution is 2.20. The Labute approximate surface area is 110 Å². The number of aromatic nitrogens is 3. The molecule has 1 amide bonds. The van der Waals surface area contributed by atoms with Gasteiger partial charge < -0.3 is 5.32 Å². The molecule has 0 bridgehead atoms. The van der Waals surface area contributed by atoms with Crippen LogP contribution in [0, 0.1) is 6.92 Å². The zero-order chi connectivity index (χ0) is 13.1. The Balaban J connectivity index is 2.09. The van der Waals surface area contributed by atoms with Crippen molar-refractivity contribution in [2.24, 2.45) is 0 Å². The van der Waals surface area contributed by atoms with Crippen LogP contribution in [0.2, 0.25) is 5.02 Å². The van der Waals surface area contributed by atoms with E-state index in [2.05, 4.69) is 15.4 Å². The lowest BCUT2D eigenvalue weighted by Crippen LogP contribution is -2.24. The van der Waals surface area contributed by atoms with Gasteiger partial charge in [0.2, 0.25) is 5.91 Å². The second-order valence-corrected chi connectivity index (χ2v) is 4.41. The number of hydrogen-bond acceptors (Lipinski definition) is 3. The van der Waals surface area contributed by atoms with E-state index in [0.717, 1.165) is 5.56 Å². The van der Waals surface area contributed by atoms with Crippen molar-refractivity contribution in [3.8, 4) is 0 Å². The Kier molecular flexibility index (Phi) is 3.62. The summed E-state index contributed by atoms with van der Waals surface area (Å²) in [4.78, 5) is 15.8. The van der Waals surface area contributed by atoms with Gasteiger partial charge >= 0.3 is 0 Å². The van der Waals surface area contributed by atoms with E-state index in [9.17, 15) is 4.79 Å². The maximum absolute atomic E-state index is 12.0. The number of aryl methyl sites for hydroxylation is 1. The highest BCUT2D eigenvalue weighted by Gasteiger charge is 2.15. The van der Waals surface area contributed by atoms with Crippen LogP contribution in [-0.4, -0.2) is 20.7 Å². The van der Waals surface area contributed by atoms with Crippen LogP contribution in [-0.2, 0) is 4.79 Å².